The Hall–Kier alpha value is -2.76. The van der Waals surface area contributed by atoms with E-state index in [-0.39, 0.29) is 22.2 Å². The molecule has 1 N–H and O–H groups in total. The zero-order valence-electron chi connectivity index (χ0n) is 10.6. The molecule has 2 aromatic carbocycles. The summed E-state index contributed by atoms with van der Waals surface area (Å²) in [5, 5.41) is 21.2. The largest absolute Gasteiger partial charge is 0.506 e. The maximum atomic E-state index is 11.0. The Morgan fingerprint density at radius 1 is 1.10 bits per heavy atom. The summed E-state index contributed by atoms with van der Waals surface area (Å²) in [5.74, 6) is -0.103. The Balaban J connectivity index is 2.31. The lowest BCUT2D eigenvalue weighted by atomic mass is 10.0. The third-order valence-corrected chi connectivity index (χ3v) is 3.28. The molecule has 1 aliphatic rings. The van der Waals surface area contributed by atoms with E-state index in [1.54, 1.807) is 6.92 Å². The molecule has 0 bridgehead atoms. The van der Waals surface area contributed by atoms with Crippen molar-refractivity contribution in [3.05, 3.63) is 68.9 Å². The summed E-state index contributed by atoms with van der Waals surface area (Å²) in [6.07, 6.45) is 0. The Morgan fingerprint density at radius 3 is 2.40 bits per heavy atom. The first-order valence-corrected chi connectivity index (χ1v) is 6.03. The zero-order valence-corrected chi connectivity index (χ0v) is 10.6. The van der Waals surface area contributed by atoms with Gasteiger partial charge in [0.15, 0.2) is 11.0 Å². The van der Waals surface area contributed by atoms with Gasteiger partial charge in [-0.2, -0.15) is 0 Å². The molecule has 3 rings (SSSR count). The molecule has 0 aromatic heterocycles. The average Bonchev–Trinajstić information content (AvgIpc) is 2.80. The van der Waals surface area contributed by atoms with Crippen molar-refractivity contribution in [3.63, 3.8) is 0 Å². The number of nitro benzene ring substituents is 1. The van der Waals surface area contributed by atoms with Crippen LogP contribution in [0, 0.1) is 10.1 Å². The molecule has 1 unspecified atom stereocenters. The Morgan fingerprint density at radius 2 is 1.75 bits per heavy atom. The highest BCUT2D eigenvalue weighted by Gasteiger charge is 2.31. The SMILES string of the molecule is CC1(c2ccccc2)N=c2c(O)ccc([N+](=O)[O-])c2=N1. The van der Waals surface area contributed by atoms with E-state index in [4.69, 9.17) is 0 Å². The van der Waals surface area contributed by atoms with Crippen molar-refractivity contribution in [2.24, 2.45) is 9.98 Å². The molecule has 0 spiro atoms. The van der Waals surface area contributed by atoms with Crippen LogP contribution in [0.5, 0.6) is 5.75 Å². The molecule has 0 saturated heterocycles. The number of non-ortho nitro benzene ring substituents is 1. The van der Waals surface area contributed by atoms with Crippen molar-refractivity contribution in [3.8, 4) is 5.75 Å². The summed E-state index contributed by atoms with van der Waals surface area (Å²) in [7, 11) is 0. The second kappa shape index (κ2) is 4.12. The lowest BCUT2D eigenvalue weighted by molar-refractivity contribution is -0.386. The predicted molar refractivity (Wildman–Crippen MR) is 70.9 cm³/mol. The van der Waals surface area contributed by atoms with E-state index in [9.17, 15) is 15.2 Å². The van der Waals surface area contributed by atoms with Gasteiger partial charge in [0.1, 0.15) is 11.1 Å². The fraction of sp³-hybridized carbons (Fsp3) is 0.143. The molecule has 0 saturated carbocycles. The van der Waals surface area contributed by atoms with Crippen molar-refractivity contribution >= 4 is 5.69 Å². The van der Waals surface area contributed by atoms with Crippen LogP contribution in [0.15, 0.2) is 52.4 Å². The Labute approximate surface area is 113 Å². The van der Waals surface area contributed by atoms with Gasteiger partial charge in [-0.1, -0.05) is 30.3 Å². The van der Waals surface area contributed by atoms with Crippen LogP contribution in [0.2, 0.25) is 0 Å². The van der Waals surface area contributed by atoms with Crippen LogP contribution < -0.4 is 10.7 Å². The number of hydrogen-bond donors (Lipinski definition) is 1. The molecule has 100 valence electrons. The van der Waals surface area contributed by atoms with Crippen LogP contribution in [-0.2, 0) is 5.66 Å². The lowest BCUT2D eigenvalue weighted by Crippen LogP contribution is -2.24. The molecule has 1 atom stereocenters. The molecule has 1 heterocycles. The van der Waals surface area contributed by atoms with Crippen LogP contribution in [0.4, 0.5) is 5.69 Å². The third kappa shape index (κ3) is 1.73. The van der Waals surface area contributed by atoms with Gasteiger partial charge in [0, 0.05) is 11.6 Å². The van der Waals surface area contributed by atoms with Gasteiger partial charge in [-0.15, -0.1) is 0 Å². The van der Waals surface area contributed by atoms with Gasteiger partial charge in [0.2, 0.25) is 0 Å². The van der Waals surface area contributed by atoms with Gasteiger partial charge in [-0.25, -0.2) is 9.98 Å². The van der Waals surface area contributed by atoms with E-state index in [0.717, 1.165) is 5.56 Å². The first-order valence-electron chi connectivity index (χ1n) is 6.03. The molecule has 0 aliphatic carbocycles. The minimum atomic E-state index is -0.951. The number of fused-ring (bicyclic) bond motifs is 1. The minimum Gasteiger partial charge on any atom is -0.506 e. The van der Waals surface area contributed by atoms with E-state index < -0.39 is 10.6 Å². The van der Waals surface area contributed by atoms with Gasteiger partial charge in [-0.05, 0) is 13.0 Å². The highest BCUT2D eigenvalue weighted by Crippen LogP contribution is 2.28. The molecule has 1 aliphatic heterocycles. The number of nitro groups is 1. The summed E-state index contributed by atoms with van der Waals surface area (Å²) in [6.45, 7) is 1.76. The molecular weight excluding hydrogens is 258 g/mol. The quantitative estimate of drug-likeness (QED) is 0.660. The average molecular weight is 269 g/mol. The molecule has 20 heavy (non-hydrogen) atoms. The fourth-order valence-electron chi connectivity index (χ4n) is 2.27. The lowest BCUT2D eigenvalue weighted by Gasteiger charge is -2.17. The van der Waals surface area contributed by atoms with Gasteiger partial charge in [0.25, 0.3) is 5.69 Å². The highest BCUT2D eigenvalue weighted by molar-refractivity contribution is 5.38. The second-order valence-corrected chi connectivity index (χ2v) is 4.67. The smallest absolute Gasteiger partial charge is 0.296 e. The van der Waals surface area contributed by atoms with Crippen LogP contribution >= 0.6 is 0 Å². The standard InChI is InChI=1S/C14H11N3O3/c1-14(9-5-3-2-4-6-9)15-12-10(17(19)20)7-8-11(18)13(12)16-14/h2-8,18H,1H3. The maximum Gasteiger partial charge on any atom is 0.296 e. The molecule has 6 nitrogen and oxygen atoms in total. The highest BCUT2D eigenvalue weighted by atomic mass is 16.6. The minimum absolute atomic E-state index is 0.103. The molecule has 0 radical (unpaired) electrons. The van der Waals surface area contributed by atoms with Gasteiger partial charge >= 0.3 is 0 Å². The van der Waals surface area contributed by atoms with Crippen LogP contribution in [-0.4, -0.2) is 10.0 Å². The summed E-state index contributed by atoms with van der Waals surface area (Å²) in [6, 6.07) is 11.8. The van der Waals surface area contributed by atoms with Crippen molar-refractivity contribution in [1.29, 1.82) is 0 Å². The van der Waals surface area contributed by atoms with Crippen molar-refractivity contribution in [1.82, 2.24) is 0 Å². The van der Waals surface area contributed by atoms with Crippen molar-refractivity contribution in [2.75, 3.05) is 0 Å². The van der Waals surface area contributed by atoms with Gasteiger partial charge < -0.3 is 5.11 Å². The number of hydrogen-bond acceptors (Lipinski definition) is 5. The zero-order chi connectivity index (χ0) is 14.3. The number of rotatable bonds is 2. The molecule has 0 amide bonds. The van der Waals surface area contributed by atoms with Crippen LogP contribution in [0.1, 0.15) is 12.5 Å². The van der Waals surface area contributed by atoms with E-state index in [2.05, 4.69) is 9.98 Å². The monoisotopic (exact) mass is 269 g/mol. The first-order chi connectivity index (χ1) is 9.51. The summed E-state index contributed by atoms with van der Waals surface area (Å²) in [5.41, 5.74) is -0.293. The van der Waals surface area contributed by atoms with Crippen LogP contribution in [0.25, 0.3) is 0 Å². The van der Waals surface area contributed by atoms with Gasteiger partial charge in [0.05, 0.1) is 4.92 Å². The fourth-order valence-corrected chi connectivity index (χ4v) is 2.27. The Bertz CT molecular complexity index is 818. The van der Waals surface area contributed by atoms with E-state index in [0.29, 0.717) is 0 Å². The van der Waals surface area contributed by atoms with E-state index in [1.807, 2.05) is 30.3 Å². The van der Waals surface area contributed by atoms with Crippen molar-refractivity contribution in [2.45, 2.75) is 12.6 Å². The number of nitrogens with zero attached hydrogens (tertiary/aromatic N) is 3. The normalized spacial score (nSPS) is 19.9. The second-order valence-electron chi connectivity index (χ2n) is 4.67. The number of phenols is 1. The predicted octanol–water partition coefficient (Wildman–Crippen LogP) is 1.43. The first kappa shape index (κ1) is 12.3. The summed E-state index contributed by atoms with van der Waals surface area (Å²) < 4.78 is 0. The van der Waals surface area contributed by atoms with Crippen molar-refractivity contribution < 1.29 is 10.0 Å². The van der Waals surface area contributed by atoms with Gasteiger partial charge in [-0.3, -0.25) is 10.1 Å². The van der Waals surface area contributed by atoms with E-state index >= 15 is 0 Å². The number of phenolic OH excluding ortho intramolecular Hbond substituents is 1. The van der Waals surface area contributed by atoms with Crippen LogP contribution in [0.3, 0.4) is 0 Å². The summed E-state index contributed by atoms with van der Waals surface area (Å²) >= 11 is 0. The summed E-state index contributed by atoms with van der Waals surface area (Å²) in [4.78, 5) is 19.3. The molecule has 2 aromatic rings. The maximum absolute atomic E-state index is 11.0. The topological polar surface area (TPSA) is 88.1 Å². The number of benzene rings is 2. The molecular formula is C14H11N3O3. The molecule has 6 heteroatoms. The number of aromatic hydroxyl groups is 1. The van der Waals surface area contributed by atoms with E-state index in [1.165, 1.54) is 12.1 Å². The third-order valence-electron chi connectivity index (χ3n) is 3.28. The Kier molecular flexibility index (Phi) is 2.53. The molecule has 0 fully saturated rings.